The van der Waals surface area contributed by atoms with Crippen LogP contribution in [0.25, 0.3) is 0 Å². The van der Waals surface area contributed by atoms with Crippen molar-refractivity contribution in [1.29, 1.82) is 0 Å². The van der Waals surface area contributed by atoms with Crippen LogP contribution in [-0.2, 0) is 0 Å². The number of hydrogen-bond acceptors (Lipinski definition) is 2. The average Bonchev–Trinajstić information content (AvgIpc) is 2.30. The van der Waals surface area contributed by atoms with Gasteiger partial charge in [0.1, 0.15) is 0 Å². The van der Waals surface area contributed by atoms with Crippen LogP contribution in [0.2, 0.25) is 10.0 Å². The van der Waals surface area contributed by atoms with Crippen molar-refractivity contribution < 1.29 is 4.79 Å². The third kappa shape index (κ3) is 5.26. The standard InChI is InChI=1S/C11H15Cl2N3O/c1-14-5-2-6-15-11(17)16-8-3-4-9(12)10(13)7-8/h3-4,7,14H,2,5-6H2,1H3,(H2,15,16,17). The van der Waals surface area contributed by atoms with E-state index in [9.17, 15) is 4.79 Å². The molecule has 4 nitrogen and oxygen atoms in total. The number of rotatable bonds is 5. The van der Waals surface area contributed by atoms with Gasteiger partial charge in [-0.2, -0.15) is 0 Å². The third-order valence-corrected chi connectivity index (χ3v) is 2.81. The first-order valence-corrected chi connectivity index (χ1v) is 6.03. The fraction of sp³-hybridized carbons (Fsp3) is 0.364. The molecule has 1 rings (SSSR count). The van der Waals surface area contributed by atoms with Crippen molar-refractivity contribution in [2.75, 3.05) is 25.5 Å². The smallest absolute Gasteiger partial charge is 0.319 e. The van der Waals surface area contributed by atoms with Gasteiger partial charge in [-0.1, -0.05) is 23.2 Å². The highest BCUT2D eigenvalue weighted by Gasteiger charge is 2.03. The number of nitrogens with one attached hydrogen (secondary N) is 3. The monoisotopic (exact) mass is 275 g/mol. The molecule has 2 amide bonds. The first-order valence-electron chi connectivity index (χ1n) is 5.28. The van der Waals surface area contributed by atoms with Crippen LogP contribution < -0.4 is 16.0 Å². The maximum atomic E-state index is 11.5. The van der Waals surface area contributed by atoms with Gasteiger partial charge in [-0.05, 0) is 38.2 Å². The van der Waals surface area contributed by atoms with Crippen molar-refractivity contribution >= 4 is 34.9 Å². The predicted octanol–water partition coefficient (Wildman–Crippen LogP) is 2.72. The maximum Gasteiger partial charge on any atom is 0.319 e. The van der Waals surface area contributed by atoms with Gasteiger partial charge in [0.25, 0.3) is 0 Å². The molecule has 0 atom stereocenters. The summed E-state index contributed by atoms with van der Waals surface area (Å²) in [5, 5.41) is 9.29. The first-order chi connectivity index (χ1) is 8.13. The zero-order valence-electron chi connectivity index (χ0n) is 9.52. The largest absolute Gasteiger partial charge is 0.338 e. The van der Waals surface area contributed by atoms with E-state index >= 15 is 0 Å². The Morgan fingerprint density at radius 1 is 1.24 bits per heavy atom. The molecule has 1 aromatic rings. The van der Waals surface area contributed by atoms with Crippen molar-refractivity contribution in [3.05, 3.63) is 28.2 Å². The lowest BCUT2D eigenvalue weighted by atomic mass is 10.3. The van der Waals surface area contributed by atoms with E-state index in [4.69, 9.17) is 23.2 Å². The summed E-state index contributed by atoms with van der Waals surface area (Å²) in [5.74, 6) is 0. The fourth-order valence-corrected chi connectivity index (χ4v) is 1.51. The van der Waals surface area contributed by atoms with E-state index in [0.29, 0.717) is 22.3 Å². The van der Waals surface area contributed by atoms with E-state index < -0.39 is 0 Å². The van der Waals surface area contributed by atoms with Gasteiger partial charge < -0.3 is 16.0 Å². The van der Waals surface area contributed by atoms with Crippen LogP contribution in [0.4, 0.5) is 10.5 Å². The van der Waals surface area contributed by atoms with Gasteiger partial charge in [0.15, 0.2) is 0 Å². The Balaban J connectivity index is 2.37. The van der Waals surface area contributed by atoms with Crippen molar-refractivity contribution in [2.45, 2.75) is 6.42 Å². The van der Waals surface area contributed by atoms with E-state index in [0.717, 1.165) is 13.0 Å². The van der Waals surface area contributed by atoms with Crippen LogP contribution in [0, 0.1) is 0 Å². The number of hydrogen-bond donors (Lipinski definition) is 3. The van der Waals surface area contributed by atoms with Crippen LogP contribution >= 0.6 is 23.2 Å². The molecule has 0 aliphatic carbocycles. The molecule has 0 aliphatic rings. The van der Waals surface area contributed by atoms with Crippen molar-refractivity contribution in [3.63, 3.8) is 0 Å². The Bertz CT molecular complexity index is 385. The Labute approximate surface area is 111 Å². The molecule has 17 heavy (non-hydrogen) atoms. The second-order valence-corrected chi connectivity index (χ2v) is 4.28. The molecule has 3 N–H and O–H groups in total. The van der Waals surface area contributed by atoms with E-state index in [1.54, 1.807) is 18.2 Å². The van der Waals surface area contributed by atoms with Crippen molar-refractivity contribution in [1.82, 2.24) is 10.6 Å². The Morgan fingerprint density at radius 3 is 2.65 bits per heavy atom. The van der Waals surface area contributed by atoms with Crippen LogP contribution in [0.5, 0.6) is 0 Å². The topological polar surface area (TPSA) is 53.2 Å². The molecular formula is C11H15Cl2N3O. The first kappa shape index (κ1) is 14.1. The second-order valence-electron chi connectivity index (χ2n) is 3.47. The summed E-state index contributed by atoms with van der Waals surface area (Å²) < 4.78 is 0. The number of benzene rings is 1. The van der Waals surface area contributed by atoms with E-state index in [-0.39, 0.29) is 6.03 Å². The Morgan fingerprint density at radius 2 is 2.00 bits per heavy atom. The molecule has 94 valence electrons. The summed E-state index contributed by atoms with van der Waals surface area (Å²) in [5.41, 5.74) is 0.616. The molecule has 0 saturated heterocycles. The lowest BCUT2D eigenvalue weighted by Crippen LogP contribution is -2.30. The molecule has 0 bridgehead atoms. The zero-order valence-corrected chi connectivity index (χ0v) is 11.0. The Hall–Kier alpha value is -0.970. The number of carbonyl (C=O) groups is 1. The summed E-state index contributed by atoms with van der Waals surface area (Å²) in [6, 6.07) is 4.69. The molecule has 1 aromatic carbocycles. The van der Waals surface area contributed by atoms with Crippen LogP contribution in [-0.4, -0.2) is 26.2 Å². The second kappa shape index (κ2) is 7.37. The van der Waals surface area contributed by atoms with Gasteiger partial charge in [0, 0.05) is 12.2 Å². The maximum absolute atomic E-state index is 11.5. The summed E-state index contributed by atoms with van der Waals surface area (Å²) >= 11 is 11.6. The summed E-state index contributed by atoms with van der Waals surface area (Å²) in [6.07, 6.45) is 0.880. The normalized spacial score (nSPS) is 10.1. The number of halogens is 2. The van der Waals surface area contributed by atoms with Gasteiger partial charge in [-0.3, -0.25) is 0 Å². The van der Waals surface area contributed by atoms with Crippen LogP contribution in [0.3, 0.4) is 0 Å². The molecule has 0 radical (unpaired) electrons. The molecule has 0 aliphatic heterocycles. The van der Waals surface area contributed by atoms with Gasteiger partial charge in [-0.25, -0.2) is 4.79 Å². The van der Waals surface area contributed by atoms with Gasteiger partial charge in [-0.15, -0.1) is 0 Å². The lowest BCUT2D eigenvalue weighted by molar-refractivity contribution is 0.252. The van der Waals surface area contributed by atoms with E-state index in [1.165, 1.54) is 0 Å². The van der Waals surface area contributed by atoms with Crippen molar-refractivity contribution in [3.8, 4) is 0 Å². The Kier molecular flexibility index (Phi) is 6.11. The summed E-state index contributed by atoms with van der Waals surface area (Å²) in [7, 11) is 1.87. The summed E-state index contributed by atoms with van der Waals surface area (Å²) in [4.78, 5) is 11.5. The molecule has 0 heterocycles. The van der Waals surface area contributed by atoms with Crippen LogP contribution in [0.15, 0.2) is 18.2 Å². The highest BCUT2D eigenvalue weighted by Crippen LogP contribution is 2.24. The SMILES string of the molecule is CNCCCNC(=O)Nc1ccc(Cl)c(Cl)c1. The molecule has 6 heteroatoms. The molecule has 0 spiro atoms. The highest BCUT2D eigenvalue weighted by atomic mass is 35.5. The predicted molar refractivity (Wildman–Crippen MR) is 72.0 cm³/mol. The zero-order chi connectivity index (χ0) is 12.7. The lowest BCUT2D eigenvalue weighted by Gasteiger charge is -2.08. The number of urea groups is 1. The number of anilines is 1. The van der Waals surface area contributed by atoms with Gasteiger partial charge >= 0.3 is 6.03 Å². The van der Waals surface area contributed by atoms with Gasteiger partial charge in [0.05, 0.1) is 10.0 Å². The quantitative estimate of drug-likeness (QED) is 0.724. The van der Waals surface area contributed by atoms with Gasteiger partial charge in [0.2, 0.25) is 0 Å². The molecule has 0 unspecified atom stereocenters. The minimum atomic E-state index is -0.250. The minimum Gasteiger partial charge on any atom is -0.338 e. The molecular weight excluding hydrogens is 261 g/mol. The highest BCUT2D eigenvalue weighted by molar-refractivity contribution is 6.42. The fourth-order valence-electron chi connectivity index (χ4n) is 1.22. The molecule has 0 saturated carbocycles. The number of amides is 2. The average molecular weight is 276 g/mol. The minimum absolute atomic E-state index is 0.250. The van der Waals surface area contributed by atoms with E-state index in [2.05, 4.69) is 16.0 Å². The third-order valence-electron chi connectivity index (χ3n) is 2.07. The van der Waals surface area contributed by atoms with E-state index in [1.807, 2.05) is 7.05 Å². The molecule has 0 fully saturated rings. The number of carbonyl (C=O) groups excluding carboxylic acids is 1. The van der Waals surface area contributed by atoms with Crippen LogP contribution in [0.1, 0.15) is 6.42 Å². The summed E-state index contributed by atoms with van der Waals surface area (Å²) in [6.45, 7) is 1.49. The molecule has 0 aromatic heterocycles. The van der Waals surface area contributed by atoms with Crippen molar-refractivity contribution in [2.24, 2.45) is 0 Å².